The molecule has 0 bridgehead atoms. The van der Waals surface area contributed by atoms with E-state index in [1.54, 1.807) is 0 Å². The number of hydrogen-bond donors (Lipinski definition) is 0. The van der Waals surface area contributed by atoms with E-state index in [4.69, 9.17) is 4.74 Å². The van der Waals surface area contributed by atoms with E-state index in [9.17, 15) is 4.79 Å². The van der Waals surface area contributed by atoms with Crippen molar-refractivity contribution in [2.24, 2.45) is 5.92 Å². The molecule has 21 heavy (non-hydrogen) atoms. The summed E-state index contributed by atoms with van der Waals surface area (Å²) in [6.45, 7) is 7.95. The Bertz CT molecular complexity index is 317. The van der Waals surface area contributed by atoms with Crippen molar-refractivity contribution < 1.29 is 9.53 Å². The summed E-state index contributed by atoms with van der Waals surface area (Å²) in [5, 5.41) is 0. The van der Waals surface area contributed by atoms with Crippen molar-refractivity contribution in [2.75, 3.05) is 26.3 Å². The van der Waals surface area contributed by atoms with Gasteiger partial charge in [0.25, 0.3) is 0 Å². The second-order valence-electron chi connectivity index (χ2n) is 6.88. The first-order valence-electron chi connectivity index (χ1n) is 9.09. The number of hydrogen-bond acceptors (Lipinski definition) is 3. The predicted octanol–water partition coefficient (Wildman–Crippen LogP) is 3.81. The topological polar surface area (TPSA) is 29.5 Å². The molecule has 1 atom stereocenters. The number of ketones is 1. The van der Waals surface area contributed by atoms with Crippen molar-refractivity contribution in [3.05, 3.63) is 0 Å². The van der Waals surface area contributed by atoms with Gasteiger partial charge in [0, 0.05) is 19.5 Å². The third-order valence-corrected chi connectivity index (χ3v) is 5.58. The molecular formula is C18H33NO2. The molecule has 0 N–H and O–H groups in total. The average Bonchev–Trinajstić information content (AvgIpc) is 3.03. The maximum atomic E-state index is 13.1. The fraction of sp³-hybridized carbons (Fsp3) is 0.944. The summed E-state index contributed by atoms with van der Waals surface area (Å²) in [4.78, 5) is 15.6. The molecule has 1 saturated carbocycles. The second kappa shape index (κ2) is 8.28. The fourth-order valence-corrected chi connectivity index (χ4v) is 4.12. The molecule has 0 aromatic carbocycles. The Labute approximate surface area is 130 Å². The van der Waals surface area contributed by atoms with Gasteiger partial charge in [-0.25, -0.2) is 0 Å². The van der Waals surface area contributed by atoms with Crippen molar-refractivity contribution in [1.82, 2.24) is 4.90 Å². The summed E-state index contributed by atoms with van der Waals surface area (Å²) in [7, 11) is 0. The predicted molar refractivity (Wildman–Crippen MR) is 86.5 cm³/mol. The zero-order valence-corrected chi connectivity index (χ0v) is 14.0. The maximum absolute atomic E-state index is 13.1. The molecule has 1 heterocycles. The zero-order valence-electron chi connectivity index (χ0n) is 14.0. The van der Waals surface area contributed by atoms with Gasteiger partial charge in [-0.3, -0.25) is 9.69 Å². The highest BCUT2D eigenvalue weighted by Gasteiger charge is 2.46. The maximum Gasteiger partial charge on any atom is 0.153 e. The number of morpholine rings is 1. The van der Waals surface area contributed by atoms with E-state index in [2.05, 4.69) is 18.7 Å². The van der Waals surface area contributed by atoms with Crippen LogP contribution in [0.3, 0.4) is 0 Å². The summed E-state index contributed by atoms with van der Waals surface area (Å²) in [5.41, 5.74) is -0.136. The number of ether oxygens (including phenoxy) is 1. The number of Topliss-reactive ketones (excluding diaryl/α,β-unsaturated/α-hetero) is 1. The molecule has 1 saturated heterocycles. The summed E-state index contributed by atoms with van der Waals surface area (Å²) in [6, 6.07) is 0. The Morgan fingerprint density at radius 2 is 1.86 bits per heavy atom. The third-order valence-electron chi connectivity index (χ3n) is 5.58. The van der Waals surface area contributed by atoms with Gasteiger partial charge in [-0.1, -0.05) is 52.4 Å². The molecule has 0 spiro atoms. The minimum Gasteiger partial charge on any atom is -0.379 e. The molecule has 1 aliphatic heterocycles. The first-order chi connectivity index (χ1) is 10.2. The molecule has 2 fully saturated rings. The molecule has 2 aliphatic rings. The summed E-state index contributed by atoms with van der Waals surface area (Å²) in [5.74, 6) is 1.13. The van der Waals surface area contributed by atoms with Crippen LogP contribution in [0.1, 0.15) is 71.6 Å². The van der Waals surface area contributed by atoms with Gasteiger partial charge in [-0.05, 0) is 18.8 Å². The van der Waals surface area contributed by atoms with Crippen molar-refractivity contribution in [1.29, 1.82) is 0 Å². The van der Waals surface area contributed by atoms with Gasteiger partial charge in [-0.15, -0.1) is 0 Å². The lowest BCUT2D eigenvalue weighted by Gasteiger charge is -2.42. The van der Waals surface area contributed by atoms with Crippen LogP contribution in [0.5, 0.6) is 0 Å². The molecule has 0 aromatic rings. The molecule has 1 aliphatic carbocycles. The fourth-order valence-electron chi connectivity index (χ4n) is 4.12. The van der Waals surface area contributed by atoms with Gasteiger partial charge in [0.05, 0.1) is 18.8 Å². The standard InChI is InChI=1S/C18H33NO2/c1-3-5-8-16(4-2)15-17(20)18(9-6-7-10-18)19-11-13-21-14-12-19/h16H,3-15H2,1-2H3. The quantitative estimate of drug-likeness (QED) is 0.682. The highest BCUT2D eigenvalue weighted by molar-refractivity contribution is 5.89. The first kappa shape index (κ1) is 17.0. The monoisotopic (exact) mass is 295 g/mol. The van der Waals surface area contributed by atoms with Crippen LogP contribution in [0.25, 0.3) is 0 Å². The molecule has 2 rings (SSSR count). The van der Waals surface area contributed by atoms with Gasteiger partial charge < -0.3 is 4.74 Å². The SMILES string of the molecule is CCCCC(CC)CC(=O)C1(N2CCOCC2)CCCC1. The zero-order chi connectivity index (χ0) is 15.1. The number of unbranched alkanes of at least 4 members (excludes halogenated alkanes) is 1. The van der Waals surface area contributed by atoms with Crippen LogP contribution in [0, 0.1) is 5.92 Å². The van der Waals surface area contributed by atoms with Gasteiger partial charge >= 0.3 is 0 Å². The summed E-state index contributed by atoms with van der Waals surface area (Å²) >= 11 is 0. The van der Waals surface area contributed by atoms with Gasteiger partial charge in [-0.2, -0.15) is 0 Å². The molecule has 3 nitrogen and oxygen atoms in total. The highest BCUT2D eigenvalue weighted by atomic mass is 16.5. The lowest BCUT2D eigenvalue weighted by Crippen LogP contribution is -2.56. The van der Waals surface area contributed by atoms with Gasteiger partial charge in [0.1, 0.15) is 0 Å². The van der Waals surface area contributed by atoms with Crippen LogP contribution in [-0.2, 0) is 9.53 Å². The summed E-state index contributed by atoms with van der Waals surface area (Å²) < 4.78 is 5.49. The smallest absolute Gasteiger partial charge is 0.153 e. The Kier molecular flexibility index (Phi) is 6.69. The molecular weight excluding hydrogens is 262 g/mol. The number of carbonyl (C=O) groups is 1. The van der Waals surface area contributed by atoms with Gasteiger partial charge in [0.15, 0.2) is 5.78 Å². The van der Waals surface area contributed by atoms with Crippen LogP contribution < -0.4 is 0 Å². The van der Waals surface area contributed by atoms with E-state index in [0.717, 1.165) is 52.0 Å². The Hall–Kier alpha value is -0.410. The van der Waals surface area contributed by atoms with E-state index in [1.807, 2.05) is 0 Å². The Morgan fingerprint density at radius 1 is 1.19 bits per heavy atom. The molecule has 3 heteroatoms. The normalized spacial score (nSPS) is 24.1. The molecule has 0 radical (unpaired) electrons. The average molecular weight is 295 g/mol. The lowest BCUT2D eigenvalue weighted by atomic mass is 9.82. The molecule has 0 aromatic heterocycles. The lowest BCUT2D eigenvalue weighted by molar-refractivity contribution is -0.135. The third kappa shape index (κ3) is 4.07. The first-order valence-corrected chi connectivity index (χ1v) is 9.09. The van der Waals surface area contributed by atoms with Crippen LogP contribution >= 0.6 is 0 Å². The van der Waals surface area contributed by atoms with Gasteiger partial charge in [0.2, 0.25) is 0 Å². The number of nitrogens with zero attached hydrogens (tertiary/aromatic N) is 1. The van der Waals surface area contributed by atoms with Crippen molar-refractivity contribution in [3.63, 3.8) is 0 Å². The number of rotatable bonds is 8. The Morgan fingerprint density at radius 3 is 2.43 bits per heavy atom. The van der Waals surface area contributed by atoms with Crippen LogP contribution in [-0.4, -0.2) is 42.5 Å². The van der Waals surface area contributed by atoms with E-state index in [-0.39, 0.29) is 5.54 Å². The minimum atomic E-state index is -0.136. The molecule has 0 amide bonds. The van der Waals surface area contributed by atoms with Crippen molar-refractivity contribution >= 4 is 5.78 Å². The Balaban J connectivity index is 2.01. The number of carbonyl (C=O) groups excluding carboxylic acids is 1. The second-order valence-corrected chi connectivity index (χ2v) is 6.88. The van der Waals surface area contributed by atoms with E-state index >= 15 is 0 Å². The van der Waals surface area contributed by atoms with E-state index in [0.29, 0.717) is 11.7 Å². The highest BCUT2D eigenvalue weighted by Crippen LogP contribution is 2.38. The van der Waals surface area contributed by atoms with Crippen LogP contribution in [0.2, 0.25) is 0 Å². The minimum absolute atomic E-state index is 0.136. The van der Waals surface area contributed by atoms with Crippen molar-refractivity contribution in [3.8, 4) is 0 Å². The summed E-state index contributed by atoms with van der Waals surface area (Å²) in [6.07, 6.45) is 10.3. The van der Waals surface area contributed by atoms with E-state index in [1.165, 1.54) is 32.1 Å². The molecule has 1 unspecified atom stereocenters. The van der Waals surface area contributed by atoms with Crippen molar-refractivity contribution in [2.45, 2.75) is 77.2 Å². The van der Waals surface area contributed by atoms with E-state index < -0.39 is 0 Å². The van der Waals surface area contributed by atoms with Crippen LogP contribution in [0.15, 0.2) is 0 Å². The largest absolute Gasteiger partial charge is 0.379 e. The van der Waals surface area contributed by atoms with Crippen LogP contribution in [0.4, 0.5) is 0 Å². The molecule has 122 valence electrons.